The molecule has 2 nitrogen and oxygen atoms in total. The third kappa shape index (κ3) is 7.47. The van der Waals surface area contributed by atoms with Crippen molar-refractivity contribution in [2.45, 2.75) is 18.2 Å². The monoisotopic (exact) mass is 279 g/mol. The lowest BCUT2D eigenvalue weighted by Crippen LogP contribution is -2.22. The van der Waals surface area contributed by atoms with Crippen LogP contribution in [0.5, 0.6) is 0 Å². The second-order valence-electron chi connectivity index (χ2n) is 3.83. The van der Waals surface area contributed by atoms with E-state index in [-0.39, 0.29) is 11.7 Å². The lowest BCUT2D eigenvalue weighted by molar-refractivity contribution is -0.116. The molecule has 1 N–H and O–H groups in total. The molecule has 4 heteroatoms. The maximum Gasteiger partial charge on any atom is 0.243 e. The zero-order valence-electron chi connectivity index (χ0n) is 10.9. The van der Waals surface area contributed by atoms with Crippen LogP contribution >= 0.6 is 11.8 Å². The van der Waals surface area contributed by atoms with Gasteiger partial charge < -0.3 is 5.32 Å². The minimum atomic E-state index is -0.218. The van der Waals surface area contributed by atoms with E-state index in [4.69, 9.17) is 0 Å². The Balaban J connectivity index is 2.11. The molecule has 0 saturated carbocycles. The molecule has 0 aliphatic rings. The fourth-order valence-electron chi connectivity index (χ4n) is 1.32. The van der Waals surface area contributed by atoms with Gasteiger partial charge in [-0.15, -0.1) is 11.8 Å². The molecule has 1 rings (SSSR count). The Morgan fingerprint density at radius 2 is 2.05 bits per heavy atom. The van der Waals surface area contributed by atoms with Gasteiger partial charge >= 0.3 is 0 Å². The van der Waals surface area contributed by atoms with Crippen LogP contribution in [0.25, 0.3) is 0 Å². The summed E-state index contributed by atoms with van der Waals surface area (Å²) < 4.78 is 12.7. The van der Waals surface area contributed by atoms with Crippen LogP contribution in [-0.2, 0) is 4.79 Å². The van der Waals surface area contributed by atoms with E-state index in [9.17, 15) is 9.18 Å². The van der Waals surface area contributed by atoms with Gasteiger partial charge in [-0.2, -0.15) is 0 Å². The van der Waals surface area contributed by atoms with Crippen molar-refractivity contribution < 1.29 is 9.18 Å². The first kappa shape index (κ1) is 15.5. The summed E-state index contributed by atoms with van der Waals surface area (Å²) in [6, 6.07) is 6.43. The van der Waals surface area contributed by atoms with E-state index in [0.717, 1.165) is 17.1 Å². The summed E-state index contributed by atoms with van der Waals surface area (Å²) in [5.41, 5.74) is 0. The average Bonchev–Trinajstić information content (AvgIpc) is 2.41. The first-order chi connectivity index (χ1) is 9.22. The zero-order valence-corrected chi connectivity index (χ0v) is 11.8. The van der Waals surface area contributed by atoms with Crippen LogP contribution in [0.4, 0.5) is 4.39 Å². The highest BCUT2D eigenvalue weighted by Crippen LogP contribution is 2.18. The van der Waals surface area contributed by atoms with Gasteiger partial charge in [-0.3, -0.25) is 4.79 Å². The van der Waals surface area contributed by atoms with Gasteiger partial charge in [0.2, 0.25) is 5.91 Å². The molecule has 0 fully saturated rings. The molecule has 0 aliphatic heterocycles. The number of rotatable bonds is 7. The Morgan fingerprint density at radius 3 is 2.74 bits per heavy atom. The normalized spacial score (nSPS) is 11.3. The maximum absolute atomic E-state index is 12.7. The molecule has 0 bridgehead atoms. The van der Waals surface area contributed by atoms with E-state index in [1.54, 1.807) is 30.0 Å². The second-order valence-corrected chi connectivity index (χ2v) is 5.00. The van der Waals surface area contributed by atoms with Gasteiger partial charge in [0, 0.05) is 17.5 Å². The number of amides is 1. The van der Waals surface area contributed by atoms with Gasteiger partial charge in [0.25, 0.3) is 0 Å². The van der Waals surface area contributed by atoms with Crippen molar-refractivity contribution >= 4 is 17.7 Å². The van der Waals surface area contributed by atoms with Crippen molar-refractivity contribution in [3.05, 3.63) is 54.4 Å². The number of nitrogens with one attached hydrogen (secondary N) is 1. The maximum atomic E-state index is 12.7. The second kappa shape index (κ2) is 9.39. The SMILES string of the molecule is CC=CC=CC(=O)NCCCSc1ccc(F)cc1. The number of benzene rings is 1. The molecule has 0 atom stereocenters. The number of thioether (sulfide) groups is 1. The molecule has 102 valence electrons. The van der Waals surface area contributed by atoms with Crippen molar-refractivity contribution in [3.63, 3.8) is 0 Å². The molecule has 0 heterocycles. The summed E-state index contributed by atoms with van der Waals surface area (Å²) in [7, 11) is 0. The van der Waals surface area contributed by atoms with Gasteiger partial charge in [0.1, 0.15) is 5.82 Å². The number of halogens is 1. The van der Waals surface area contributed by atoms with Crippen LogP contribution in [0.3, 0.4) is 0 Å². The van der Waals surface area contributed by atoms with E-state index in [1.807, 2.05) is 19.1 Å². The molecular formula is C15H18FNOS. The molecule has 0 saturated heterocycles. The third-order valence-electron chi connectivity index (χ3n) is 2.25. The summed E-state index contributed by atoms with van der Waals surface area (Å²) in [6.07, 6.45) is 7.77. The van der Waals surface area contributed by atoms with Gasteiger partial charge in [0.15, 0.2) is 0 Å². The number of carbonyl (C=O) groups excluding carboxylic acids is 1. The number of hydrogen-bond donors (Lipinski definition) is 1. The number of allylic oxidation sites excluding steroid dienone is 3. The quantitative estimate of drug-likeness (QED) is 0.358. The molecule has 0 aromatic heterocycles. The van der Waals surface area contributed by atoms with E-state index in [0.29, 0.717) is 6.54 Å². The van der Waals surface area contributed by atoms with Crippen molar-refractivity contribution in [2.75, 3.05) is 12.3 Å². The number of carbonyl (C=O) groups is 1. The van der Waals surface area contributed by atoms with E-state index >= 15 is 0 Å². The predicted molar refractivity (Wildman–Crippen MR) is 78.7 cm³/mol. The molecule has 0 spiro atoms. The fraction of sp³-hybridized carbons (Fsp3) is 0.267. The number of hydrogen-bond acceptors (Lipinski definition) is 2. The van der Waals surface area contributed by atoms with Gasteiger partial charge in [-0.1, -0.05) is 18.2 Å². The Kier molecular flexibility index (Phi) is 7.66. The summed E-state index contributed by atoms with van der Waals surface area (Å²) in [4.78, 5) is 12.4. The Bertz CT molecular complexity index is 440. The highest BCUT2D eigenvalue weighted by Gasteiger charge is 1.96. The summed E-state index contributed by atoms with van der Waals surface area (Å²) in [5, 5.41) is 2.80. The fourth-order valence-corrected chi connectivity index (χ4v) is 2.17. The lowest BCUT2D eigenvalue weighted by atomic mass is 10.4. The lowest BCUT2D eigenvalue weighted by Gasteiger charge is -2.03. The Labute approximate surface area is 117 Å². The zero-order chi connectivity index (χ0) is 13.9. The molecule has 0 radical (unpaired) electrons. The first-order valence-corrected chi connectivity index (χ1v) is 7.16. The molecule has 1 amide bonds. The van der Waals surface area contributed by atoms with Crippen LogP contribution in [0.15, 0.2) is 53.5 Å². The summed E-state index contributed by atoms with van der Waals surface area (Å²) >= 11 is 1.66. The minimum Gasteiger partial charge on any atom is -0.353 e. The molecular weight excluding hydrogens is 261 g/mol. The van der Waals surface area contributed by atoms with E-state index in [1.165, 1.54) is 18.2 Å². The van der Waals surface area contributed by atoms with Crippen LogP contribution < -0.4 is 5.32 Å². The van der Waals surface area contributed by atoms with E-state index < -0.39 is 0 Å². The predicted octanol–water partition coefficient (Wildman–Crippen LogP) is 3.56. The summed E-state index contributed by atoms with van der Waals surface area (Å²) in [6.45, 7) is 2.54. The molecule has 1 aromatic carbocycles. The van der Waals surface area contributed by atoms with Crippen LogP contribution in [0, 0.1) is 5.82 Å². The first-order valence-electron chi connectivity index (χ1n) is 6.18. The van der Waals surface area contributed by atoms with Gasteiger partial charge in [-0.25, -0.2) is 4.39 Å². The minimum absolute atomic E-state index is 0.0788. The highest BCUT2D eigenvalue weighted by molar-refractivity contribution is 7.99. The molecule has 1 aromatic rings. The van der Waals surface area contributed by atoms with Crippen LogP contribution in [0.2, 0.25) is 0 Å². The van der Waals surface area contributed by atoms with Crippen molar-refractivity contribution in [3.8, 4) is 0 Å². The highest BCUT2D eigenvalue weighted by atomic mass is 32.2. The van der Waals surface area contributed by atoms with Crippen molar-refractivity contribution in [1.82, 2.24) is 5.32 Å². The Hall–Kier alpha value is -1.55. The molecule has 0 aliphatic carbocycles. The van der Waals surface area contributed by atoms with Gasteiger partial charge in [-0.05, 0) is 43.4 Å². The Morgan fingerprint density at radius 1 is 1.32 bits per heavy atom. The smallest absolute Gasteiger partial charge is 0.243 e. The largest absolute Gasteiger partial charge is 0.353 e. The van der Waals surface area contributed by atoms with Crippen LogP contribution in [-0.4, -0.2) is 18.2 Å². The topological polar surface area (TPSA) is 29.1 Å². The van der Waals surface area contributed by atoms with E-state index in [2.05, 4.69) is 5.32 Å². The van der Waals surface area contributed by atoms with Crippen molar-refractivity contribution in [1.29, 1.82) is 0 Å². The third-order valence-corrected chi connectivity index (χ3v) is 3.35. The molecule has 19 heavy (non-hydrogen) atoms. The van der Waals surface area contributed by atoms with Gasteiger partial charge in [0.05, 0.1) is 0 Å². The average molecular weight is 279 g/mol. The van der Waals surface area contributed by atoms with Crippen LogP contribution in [0.1, 0.15) is 13.3 Å². The molecule has 0 unspecified atom stereocenters. The standard InChI is InChI=1S/C15H18FNOS/c1-2-3-4-6-15(18)17-11-5-12-19-14-9-7-13(16)8-10-14/h2-4,6-10H,5,11-12H2,1H3,(H,17,18). The van der Waals surface area contributed by atoms with Crippen molar-refractivity contribution in [2.24, 2.45) is 0 Å². The summed E-state index contributed by atoms with van der Waals surface area (Å²) in [5.74, 6) is 0.597.